The second-order valence-corrected chi connectivity index (χ2v) is 11.8. The van der Waals surface area contributed by atoms with Crippen molar-refractivity contribution in [3.05, 3.63) is 89.5 Å². The number of terminal acetylenes is 1. The summed E-state index contributed by atoms with van der Waals surface area (Å²) in [4.78, 5) is 47.2. The molecule has 47 heavy (non-hydrogen) atoms. The van der Waals surface area contributed by atoms with Crippen molar-refractivity contribution in [3.8, 4) is 23.8 Å². The first-order chi connectivity index (χ1) is 22.8. The number of benzene rings is 3. The topological polar surface area (TPSA) is 129 Å². The number of carbonyl (C=O) groups excluding carboxylic acids is 3. The number of urea groups is 1. The molecule has 3 aliphatic rings. The van der Waals surface area contributed by atoms with E-state index in [2.05, 4.69) is 11.2 Å². The number of anilines is 1. The highest BCUT2D eigenvalue weighted by atomic mass is 16.5. The molecule has 0 aliphatic carbocycles. The van der Waals surface area contributed by atoms with E-state index in [9.17, 15) is 24.6 Å². The Morgan fingerprint density at radius 2 is 1.68 bits per heavy atom. The largest absolute Gasteiger partial charge is 0.508 e. The molecule has 3 saturated heterocycles. The molecule has 3 aliphatic heterocycles. The molecule has 4 amide bonds. The first-order valence-electron chi connectivity index (χ1n) is 15.6. The molecule has 3 heterocycles. The Morgan fingerprint density at radius 1 is 0.957 bits per heavy atom. The molecule has 3 aromatic rings. The number of phenols is 2. The maximum atomic E-state index is 14.3. The molecule has 0 saturated carbocycles. The summed E-state index contributed by atoms with van der Waals surface area (Å²) in [6, 6.07) is 19.9. The number of ether oxygens (including phenoxy) is 1. The first kappa shape index (κ1) is 31.7. The minimum absolute atomic E-state index is 0.0201. The smallest absolute Gasteiger partial charge is 0.334 e. The molecule has 6 rings (SSSR count). The molecular weight excluding hydrogens is 600 g/mol. The van der Waals surface area contributed by atoms with E-state index < -0.39 is 18.2 Å². The lowest BCUT2D eigenvalue weighted by Gasteiger charge is -2.55. The van der Waals surface area contributed by atoms with Gasteiger partial charge in [-0.05, 0) is 41.0 Å². The summed E-state index contributed by atoms with van der Waals surface area (Å²) in [7, 11) is 0. The standard InChI is InChI=1S/C35H38N6O6/c1-2-14-39-24-33(44)40-30(19-25-8-11-28(42)12-9-25)34(45)38(22-27-10-13-31(43)29(20-27)37-15-17-47-18-16-37)23-32(40)41(39)35(46)36-21-26-6-4-3-5-7-26/h1,3-13,20,30,32,42-43H,14-19,21-24H2,(H,36,46)/t30-,32-/m0/s1. The fourth-order valence-corrected chi connectivity index (χ4v) is 6.43. The highest BCUT2D eigenvalue weighted by Gasteiger charge is 2.51. The number of hydrogen-bond donors (Lipinski definition) is 3. The third-order valence-electron chi connectivity index (χ3n) is 8.73. The van der Waals surface area contributed by atoms with Gasteiger partial charge in [0, 0.05) is 32.6 Å². The van der Waals surface area contributed by atoms with Crippen molar-refractivity contribution in [1.82, 2.24) is 25.1 Å². The number of fused-ring (bicyclic) bond motifs is 1. The zero-order valence-electron chi connectivity index (χ0n) is 26.0. The number of hydrogen-bond acceptors (Lipinski definition) is 8. The van der Waals surface area contributed by atoms with Gasteiger partial charge in [0.1, 0.15) is 23.7 Å². The summed E-state index contributed by atoms with van der Waals surface area (Å²) >= 11 is 0. The van der Waals surface area contributed by atoms with Gasteiger partial charge < -0.3 is 35.0 Å². The second-order valence-electron chi connectivity index (χ2n) is 11.8. The minimum Gasteiger partial charge on any atom is -0.508 e. The van der Waals surface area contributed by atoms with Gasteiger partial charge in [0.15, 0.2) is 0 Å². The minimum atomic E-state index is -0.918. The van der Waals surface area contributed by atoms with Gasteiger partial charge >= 0.3 is 6.03 Å². The number of amides is 4. The predicted octanol–water partition coefficient (Wildman–Crippen LogP) is 2.12. The van der Waals surface area contributed by atoms with Crippen LogP contribution in [0, 0.1) is 12.3 Å². The quantitative estimate of drug-likeness (QED) is 0.320. The number of aromatic hydroxyl groups is 2. The average molecular weight is 639 g/mol. The van der Waals surface area contributed by atoms with E-state index in [0.29, 0.717) is 32.0 Å². The van der Waals surface area contributed by atoms with E-state index in [4.69, 9.17) is 11.2 Å². The molecule has 2 atom stereocenters. The van der Waals surface area contributed by atoms with E-state index in [1.54, 1.807) is 34.2 Å². The number of nitrogens with one attached hydrogen (secondary N) is 1. The molecule has 3 fully saturated rings. The fraction of sp³-hybridized carbons (Fsp3) is 0.343. The first-order valence-corrected chi connectivity index (χ1v) is 15.6. The molecule has 12 nitrogen and oxygen atoms in total. The van der Waals surface area contributed by atoms with Crippen LogP contribution in [0.15, 0.2) is 72.8 Å². The van der Waals surface area contributed by atoms with Crippen molar-refractivity contribution in [2.45, 2.75) is 31.7 Å². The maximum absolute atomic E-state index is 14.3. The second kappa shape index (κ2) is 14.0. The van der Waals surface area contributed by atoms with Crippen LogP contribution >= 0.6 is 0 Å². The summed E-state index contributed by atoms with van der Waals surface area (Å²) in [6.07, 6.45) is 5.03. The number of carbonyl (C=O) groups is 3. The van der Waals surface area contributed by atoms with Crippen LogP contribution in [-0.4, -0.2) is 106 Å². The molecule has 0 spiro atoms. The summed E-state index contributed by atoms with van der Waals surface area (Å²) in [5.41, 5.74) is 3.10. The molecule has 12 heteroatoms. The van der Waals surface area contributed by atoms with Crippen LogP contribution in [0.1, 0.15) is 16.7 Å². The van der Waals surface area contributed by atoms with Crippen molar-refractivity contribution in [1.29, 1.82) is 0 Å². The van der Waals surface area contributed by atoms with E-state index in [1.165, 1.54) is 22.0 Å². The van der Waals surface area contributed by atoms with Crippen LogP contribution < -0.4 is 10.2 Å². The van der Waals surface area contributed by atoms with Crippen molar-refractivity contribution in [2.24, 2.45) is 0 Å². The Bertz CT molecular complexity index is 1640. The number of piperazine rings is 1. The molecule has 244 valence electrons. The van der Waals surface area contributed by atoms with E-state index in [-0.39, 0.29) is 62.5 Å². The zero-order valence-corrected chi connectivity index (χ0v) is 26.0. The van der Waals surface area contributed by atoms with Crippen molar-refractivity contribution in [3.63, 3.8) is 0 Å². The summed E-state index contributed by atoms with van der Waals surface area (Å²) in [5, 5.41) is 26.5. The van der Waals surface area contributed by atoms with Gasteiger partial charge in [-0.15, -0.1) is 6.42 Å². The molecule has 0 bridgehead atoms. The van der Waals surface area contributed by atoms with E-state index in [1.807, 2.05) is 41.3 Å². The van der Waals surface area contributed by atoms with Crippen LogP contribution in [0.3, 0.4) is 0 Å². The highest BCUT2D eigenvalue weighted by molar-refractivity contribution is 5.91. The Kier molecular flexibility index (Phi) is 9.47. The van der Waals surface area contributed by atoms with Gasteiger partial charge in [0.2, 0.25) is 11.8 Å². The lowest BCUT2D eigenvalue weighted by atomic mass is 9.98. The Balaban J connectivity index is 1.33. The van der Waals surface area contributed by atoms with Crippen LogP contribution in [0.2, 0.25) is 0 Å². The van der Waals surface area contributed by atoms with Gasteiger partial charge in [0.05, 0.1) is 38.5 Å². The molecule has 0 aromatic heterocycles. The van der Waals surface area contributed by atoms with Gasteiger partial charge in [-0.1, -0.05) is 54.5 Å². The average Bonchev–Trinajstić information content (AvgIpc) is 3.08. The highest BCUT2D eigenvalue weighted by Crippen LogP contribution is 2.32. The lowest BCUT2D eigenvalue weighted by Crippen LogP contribution is -2.76. The van der Waals surface area contributed by atoms with Gasteiger partial charge in [-0.25, -0.2) is 9.80 Å². The lowest BCUT2D eigenvalue weighted by molar-refractivity contribution is -0.189. The molecule has 3 aromatic carbocycles. The van der Waals surface area contributed by atoms with E-state index >= 15 is 0 Å². The van der Waals surface area contributed by atoms with E-state index in [0.717, 1.165) is 16.7 Å². The molecular formula is C35H38N6O6. The fourth-order valence-electron chi connectivity index (χ4n) is 6.43. The Morgan fingerprint density at radius 3 is 2.40 bits per heavy atom. The third kappa shape index (κ3) is 6.96. The third-order valence-corrected chi connectivity index (χ3v) is 8.73. The van der Waals surface area contributed by atoms with Crippen LogP contribution in [0.5, 0.6) is 11.5 Å². The normalized spacial score (nSPS) is 20.1. The van der Waals surface area contributed by atoms with Crippen LogP contribution in [0.25, 0.3) is 0 Å². The zero-order chi connectivity index (χ0) is 32.9. The summed E-state index contributed by atoms with van der Waals surface area (Å²) in [5.74, 6) is 2.22. The summed E-state index contributed by atoms with van der Waals surface area (Å²) in [6.45, 7) is 2.71. The Labute approximate surface area is 273 Å². The van der Waals surface area contributed by atoms with Crippen molar-refractivity contribution in [2.75, 3.05) is 50.8 Å². The number of hydrazine groups is 1. The van der Waals surface area contributed by atoms with Crippen LogP contribution in [-0.2, 0) is 33.8 Å². The number of phenolic OH excluding ortho intramolecular Hbond substituents is 2. The molecule has 3 N–H and O–H groups in total. The molecule has 0 unspecified atom stereocenters. The van der Waals surface area contributed by atoms with Crippen molar-refractivity contribution >= 4 is 23.5 Å². The Hall–Kier alpha value is -5.25. The maximum Gasteiger partial charge on any atom is 0.334 e. The van der Waals surface area contributed by atoms with Gasteiger partial charge in [0.25, 0.3) is 0 Å². The number of rotatable bonds is 8. The van der Waals surface area contributed by atoms with Gasteiger partial charge in [-0.3, -0.25) is 9.59 Å². The monoisotopic (exact) mass is 638 g/mol. The SMILES string of the molecule is C#CCN1CC(=O)N2[C@@H](Cc3ccc(O)cc3)C(=O)N(Cc3ccc(O)c(N4CCOCC4)c3)C[C@@H]2N1C(=O)NCc1ccccc1. The molecule has 0 radical (unpaired) electrons. The predicted molar refractivity (Wildman–Crippen MR) is 174 cm³/mol. The van der Waals surface area contributed by atoms with Gasteiger partial charge in [-0.2, -0.15) is 5.01 Å². The number of morpholine rings is 1. The summed E-state index contributed by atoms with van der Waals surface area (Å²) < 4.78 is 5.47. The number of nitrogens with zero attached hydrogens (tertiary/aromatic N) is 5. The van der Waals surface area contributed by atoms with Crippen LogP contribution in [0.4, 0.5) is 10.5 Å². The van der Waals surface area contributed by atoms with Crippen molar-refractivity contribution < 1.29 is 29.3 Å².